The zero-order valence-corrected chi connectivity index (χ0v) is 11.9. The van der Waals surface area contributed by atoms with Crippen LogP contribution in [0, 0.1) is 6.92 Å². The highest BCUT2D eigenvalue weighted by molar-refractivity contribution is 7.11. The smallest absolute Gasteiger partial charge is 0.112 e. The van der Waals surface area contributed by atoms with E-state index >= 15 is 0 Å². The Morgan fingerprint density at radius 3 is 2.71 bits per heavy atom. The quantitative estimate of drug-likeness (QED) is 0.724. The van der Waals surface area contributed by atoms with Crippen molar-refractivity contribution in [3.8, 4) is 0 Å². The third kappa shape index (κ3) is 4.35. The molecule has 1 unspecified atom stereocenters. The third-order valence-electron chi connectivity index (χ3n) is 2.61. The molecule has 0 saturated heterocycles. The first-order valence-electron chi connectivity index (χ1n) is 5.93. The van der Waals surface area contributed by atoms with Crippen LogP contribution >= 0.6 is 11.3 Å². The summed E-state index contributed by atoms with van der Waals surface area (Å²) in [6.07, 6.45) is 0.989. The van der Waals surface area contributed by atoms with Gasteiger partial charge in [0.2, 0.25) is 0 Å². The van der Waals surface area contributed by atoms with Crippen LogP contribution in [0.2, 0.25) is 0 Å². The molecule has 0 spiro atoms. The molecule has 0 aliphatic carbocycles. The maximum atomic E-state index is 5.54. The van der Waals surface area contributed by atoms with Crippen LogP contribution in [0.3, 0.4) is 0 Å². The molecule has 4 nitrogen and oxygen atoms in total. The number of aromatic nitrogens is 1. The molecule has 17 heavy (non-hydrogen) atoms. The van der Waals surface area contributed by atoms with Crippen LogP contribution in [0.4, 0.5) is 0 Å². The molecule has 1 rings (SSSR count). The molecular formula is C12H22N2O2S. The van der Waals surface area contributed by atoms with Gasteiger partial charge in [-0.15, -0.1) is 11.3 Å². The Hall–Kier alpha value is -0.490. The highest BCUT2D eigenvalue weighted by Crippen LogP contribution is 2.23. The maximum absolute atomic E-state index is 5.54. The molecule has 0 saturated carbocycles. The molecular weight excluding hydrogens is 236 g/mol. The number of thiazole rings is 1. The van der Waals surface area contributed by atoms with Gasteiger partial charge in [-0.3, -0.25) is 0 Å². The molecule has 0 bridgehead atoms. The summed E-state index contributed by atoms with van der Waals surface area (Å²) in [5.74, 6) is 0. The molecule has 0 aliphatic heterocycles. The number of aryl methyl sites for hydroxylation is 2. The Balaban J connectivity index is 2.53. The van der Waals surface area contributed by atoms with Gasteiger partial charge >= 0.3 is 0 Å². The lowest BCUT2D eigenvalue weighted by atomic mass is 10.3. The molecule has 1 N–H and O–H groups in total. The molecule has 98 valence electrons. The van der Waals surface area contributed by atoms with Crippen LogP contribution in [0.5, 0.6) is 0 Å². The lowest BCUT2D eigenvalue weighted by Gasteiger charge is -2.13. The summed E-state index contributed by atoms with van der Waals surface area (Å²) in [5, 5.41) is 4.35. The summed E-state index contributed by atoms with van der Waals surface area (Å²) in [4.78, 5) is 5.95. The Labute approximate surface area is 107 Å². The number of rotatable bonds is 8. The molecule has 0 amide bonds. The number of nitrogens with zero attached hydrogens (tertiary/aromatic N) is 1. The van der Waals surface area contributed by atoms with E-state index in [1.165, 1.54) is 10.6 Å². The van der Waals surface area contributed by atoms with Crippen molar-refractivity contribution in [3.63, 3.8) is 0 Å². The van der Waals surface area contributed by atoms with Crippen molar-refractivity contribution in [2.45, 2.75) is 26.3 Å². The van der Waals surface area contributed by atoms with E-state index in [1.54, 1.807) is 18.4 Å². The Bertz CT molecular complexity index is 328. The second-order valence-corrected chi connectivity index (χ2v) is 5.05. The normalized spacial score (nSPS) is 12.9. The molecule has 1 aromatic heterocycles. The van der Waals surface area contributed by atoms with Crippen molar-refractivity contribution >= 4 is 11.3 Å². The highest BCUT2D eigenvalue weighted by atomic mass is 32.1. The fourth-order valence-electron chi connectivity index (χ4n) is 1.55. The van der Waals surface area contributed by atoms with Crippen LogP contribution in [0.1, 0.15) is 28.5 Å². The fraction of sp³-hybridized carbons (Fsp3) is 0.750. The minimum absolute atomic E-state index is 0.177. The number of methoxy groups -OCH3 is 1. The number of ether oxygens (including phenoxy) is 2. The molecule has 0 radical (unpaired) electrons. The molecule has 0 fully saturated rings. The summed E-state index contributed by atoms with van der Waals surface area (Å²) in [7, 11) is 3.61. The minimum atomic E-state index is 0.177. The van der Waals surface area contributed by atoms with E-state index in [4.69, 9.17) is 9.47 Å². The largest absolute Gasteiger partial charge is 0.382 e. The number of hydrogen-bond donors (Lipinski definition) is 1. The summed E-state index contributed by atoms with van der Waals surface area (Å²) in [6.45, 7) is 6.15. The summed E-state index contributed by atoms with van der Waals surface area (Å²) < 4.78 is 10.5. The molecule has 0 aromatic carbocycles. The topological polar surface area (TPSA) is 43.4 Å². The maximum Gasteiger partial charge on any atom is 0.112 e. The van der Waals surface area contributed by atoms with Crippen LogP contribution in [-0.4, -0.2) is 39.0 Å². The van der Waals surface area contributed by atoms with E-state index in [1.807, 2.05) is 7.05 Å². The van der Waals surface area contributed by atoms with E-state index in [-0.39, 0.29) is 6.04 Å². The summed E-state index contributed by atoms with van der Waals surface area (Å²) in [5.41, 5.74) is 1.20. The lowest BCUT2D eigenvalue weighted by molar-refractivity contribution is 0.0596. The molecule has 5 heteroatoms. The van der Waals surface area contributed by atoms with E-state index in [0.717, 1.165) is 11.4 Å². The zero-order chi connectivity index (χ0) is 12.7. The van der Waals surface area contributed by atoms with E-state index in [9.17, 15) is 0 Å². The second kappa shape index (κ2) is 7.76. The SMILES string of the molecule is CCc1nc(C(COCCOC)NC)sc1C. The van der Waals surface area contributed by atoms with Gasteiger partial charge in [-0.05, 0) is 20.4 Å². The average molecular weight is 258 g/mol. The fourth-order valence-corrected chi connectivity index (χ4v) is 2.65. The van der Waals surface area contributed by atoms with E-state index < -0.39 is 0 Å². The third-order valence-corrected chi connectivity index (χ3v) is 3.73. The van der Waals surface area contributed by atoms with Crippen molar-refractivity contribution in [2.24, 2.45) is 0 Å². The van der Waals surface area contributed by atoms with E-state index in [0.29, 0.717) is 19.8 Å². The van der Waals surface area contributed by atoms with Gasteiger partial charge in [-0.2, -0.15) is 0 Å². The molecule has 1 heterocycles. The Kier molecular flexibility index (Phi) is 6.65. The van der Waals surface area contributed by atoms with Crippen molar-refractivity contribution in [1.29, 1.82) is 0 Å². The highest BCUT2D eigenvalue weighted by Gasteiger charge is 2.15. The standard InChI is InChI=1S/C12H22N2O2S/c1-5-10-9(2)17-12(14-10)11(13-3)8-16-7-6-15-4/h11,13H,5-8H2,1-4H3. The molecule has 1 aromatic rings. The van der Waals surface area contributed by atoms with Gasteiger partial charge in [0.05, 0.1) is 31.6 Å². The Morgan fingerprint density at radius 1 is 1.41 bits per heavy atom. The van der Waals surface area contributed by atoms with Crippen molar-refractivity contribution in [1.82, 2.24) is 10.3 Å². The van der Waals surface area contributed by atoms with Gasteiger partial charge in [0.15, 0.2) is 0 Å². The monoisotopic (exact) mass is 258 g/mol. The van der Waals surface area contributed by atoms with Gasteiger partial charge in [0.25, 0.3) is 0 Å². The molecule has 0 aliphatic rings. The average Bonchev–Trinajstić information content (AvgIpc) is 2.70. The first-order chi connectivity index (χ1) is 8.22. The molecule has 1 atom stereocenters. The summed E-state index contributed by atoms with van der Waals surface area (Å²) >= 11 is 1.75. The predicted molar refractivity (Wildman–Crippen MR) is 70.7 cm³/mol. The number of likely N-dealkylation sites (N-methyl/N-ethyl adjacent to an activating group) is 1. The lowest BCUT2D eigenvalue weighted by Crippen LogP contribution is -2.22. The van der Waals surface area contributed by atoms with E-state index in [2.05, 4.69) is 24.1 Å². The van der Waals surface area contributed by atoms with Gasteiger partial charge in [-0.25, -0.2) is 4.98 Å². The number of nitrogens with one attached hydrogen (secondary N) is 1. The van der Waals surface area contributed by atoms with Crippen LogP contribution in [0.15, 0.2) is 0 Å². The van der Waals surface area contributed by atoms with Crippen molar-refractivity contribution in [2.75, 3.05) is 34.0 Å². The van der Waals surface area contributed by atoms with Gasteiger partial charge in [0, 0.05) is 12.0 Å². The predicted octanol–water partition coefficient (Wildman–Crippen LogP) is 1.94. The first-order valence-corrected chi connectivity index (χ1v) is 6.74. The van der Waals surface area contributed by atoms with Gasteiger partial charge in [0.1, 0.15) is 5.01 Å². The summed E-state index contributed by atoms with van der Waals surface area (Å²) in [6, 6.07) is 0.177. The van der Waals surface area contributed by atoms with Crippen molar-refractivity contribution < 1.29 is 9.47 Å². The van der Waals surface area contributed by atoms with Crippen molar-refractivity contribution in [3.05, 3.63) is 15.6 Å². The number of hydrogen-bond acceptors (Lipinski definition) is 5. The first kappa shape index (κ1) is 14.6. The second-order valence-electron chi connectivity index (χ2n) is 3.82. The van der Waals surface area contributed by atoms with Crippen LogP contribution in [0.25, 0.3) is 0 Å². The van der Waals surface area contributed by atoms with Gasteiger partial charge in [-0.1, -0.05) is 6.92 Å². The van der Waals surface area contributed by atoms with Crippen LogP contribution < -0.4 is 5.32 Å². The van der Waals surface area contributed by atoms with Gasteiger partial charge < -0.3 is 14.8 Å². The van der Waals surface area contributed by atoms with Crippen LogP contribution in [-0.2, 0) is 15.9 Å². The minimum Gasteiger partial charge on any atom is -0.382 e. The zero-order valence-electron chi connectivity index (χ0n) is 11.1. The Morgan fingerprint density at radius 2 is 2.18 bits per heavy atom.